The summed E-state index contributed by atoms with van der Waals surface area (Å²) in [4.78, 5) is 124. The number of fused-ring (bicyclic) bond motifs is 24. The van der Waals surface area contributed by atoms with Gasteiger partial charge in [0.1, 0.15) is 46.0 Å². The van der Waals surface area contributed by atoms with Gasteiger partial charge in [0.2, 0.25) is 0 Å². The van der Waals surface area contributed by atoms with Crippen LogP contribution in [0.25, 0.3) is 132 Å². The third kappa shape index (κ3) is 30.4. The molecule has 11 aromatic rings. The summed E-state index contributed by atoms with van der Waals surface area (Å²) in [6.07, 6.45) is 17.1. The molecule has 8 aromatic carbocycles. The van der Waals surface area contributed by atoms with Crippen molar-refractivity contribution >= 4 is 134 Å². The summed E-state index contributed by atoms with van der Waals surface area (Å²) in [6.45, 7) is 20.3. The summed E-state index contributed by atoms with van der Waals surface area (Å²) < 4.78 is 98.9. The SMILES string of the molecule is CCCCOC(=O)CCCOc1ccc(OCCCC(=O)OCCCC)c2cc3c(cc12)-c1cc2[nH]c(cc4nc(cc5[nH]c(cc-3n1)c1cc3c(OCCCC(=O)OCCCC)ccc(OCCCC(=O)OCCCC)c3cc51)-c1cc3c(OCCCC(=O)OCCCC)ccc(OCCCC(=O)OCCCC)c3cc1-4)c1cc3c(OCCCC(=O)OCCCC)ccc(OCCCC(=O)OCCCC)c3cc21. The van der Waals surface area contributed by atoms with Gasteiger partial charge in [0.15, 0.2) is 0 Å². The molecule has 8 bridgehead atoms. The number of H-pyrrole nitrogens is 2. The van der Waals surface area contributed by atoms with Crippen molar-refractivity contribution in [3.63, 3.8) is 0 Å². The summed E-state index contributed by atoms with van der Waals surface area (Å²) in [5.74, 6) is 1.59. The number of esters is 8. The fourth-order valence-corrected chi connectivity index (χ4v) is 17.0. The van der Waals surface area contributed by atoms with E-state index >= 15 is 0 Å². The van der Waals surface area contributed by atoms with Crippen LogP contribution in [0.5, 0.6) is 46.0 Å². The minimum Gasteiger partial charge on any atom is -0.493 e. The van der Waals surface area contributed by atoms with E-state index in [1.54, 1.807) is 0 Å². The Morgan fingerprint density at radius 2 is 0.333 bits per heavy atom. The van der Waals surface area contributed by atoms with Crippen molar-refractivity contribution in [2.45, 2.75) is 261 Å². The summed E-state index contributed by atoms with van der Waals surface area (Å²) in [5.41, 5.74) is 7.45. The van der Waals surface area contributed by atoms with Crippen LogP contribution in [0, 0.1) is 0 Å². The predicted octanol–water partition coefficient (Wildman–Crippen LogP) is 25.9. The molecule has 0 saturated heterocycles. The quantitative estimate of drug-likeness (QED) is 0.0203. The van der Waals surface area contributed by atoms with Crippen molar-refractivity contribution in [1.82, 2.24) is 19.9 Å². The first-order valence-electron chi connectivity index (χ1n) is 52.5. The largest absolute Gasteiger partial charge is 0.493 e. The van der Waals surface area contributed by atoms with Crippen LogP contribution < -0.4 is 37.9 Å². The summed E-state index contributed by atoms with van der Waals surface area (Å²) in [6, 6.07) is 39.6. The Labute approximate surface area is 842 Å². The zero-order valence-electron chi connectivity index (χ0n) is 85.2. The maximum absolute atomic E-state index is 13.1. The molecule has 5 heterocycles. The van der Waals surface area contributed by atoms with Gasteiger partial charge in [-0.1, -0.05) is 107 Å². The van der Waals surface area contributed by atoms with E-state index in [0.717, 1.165) is 124 Å². The summed E-state index contributed by atoms with van der Waals surface area (Å²) >= 11 is 0. The van der Waals surface area contributed by atoms with Gasteiger partial charge in [-0.2, -0.15) is 0 Å². The van der Waals surface area contributed by atoms with E-state index in [1.165, 1.54) is 0 Å². The van der Waals surface area contributed by atoms with Crippen molar-refractivity contribution in [2.75, 3.05) is 106 Å². The van der Waals surface area contributed by atoms with Crippen molar-refractivity contribution in [2.24, 2.45) is 0 Å². The highest BCUT2D eigenvalue weighted by molar-refractivity contribution is 6.18. The molecule has 2 aliphatic rings. The smallest absolute Gasteiger partial charge is 0.305 e. The van der Waals surface area contributed by atoms with Crippen LogP contribution in [0.1, 0.15) is 261 Å². The Balaban J connectivity index is 1.10. The number of hydrogen-bond donors (Lipinski definition) is 2. The molecular weight excluding hydrogens is 1830 g/mol. The molecular formula is C116H142N4O24. The van der Waals surface area contributed by atoms with Gasteiger partial charge in [0.05, 0.1) is 128 Å². The standard InChI is InChI=1S/C116H142N4O24/c1-9-17-49-137-109(121)33-25-57-129-101-41-42-102(130-58-26-34-110(122)138-50-18-10-2)86-66-78-77(65-85(86)101)93-73-95-79-67-87-88(104(132-60-28-36-112(124)140-52-20-12-4)44-43-103(87)131-59-27-35-111(123)139-51-19-11-3)68-80(79)97(118-95)75-99-83-71-91-92(108(136-64-32-40-116(128)144-56-24-16-8)48-47-107(91)135-63-31-39-115(127)143-55-23-15-7)72-84(83)100(120-99)76-98-82-70-90-89(69-81(82)96(119-98)74-94(78)117-93)105(133-61-29-37-113(125)141-53-21-13-5)45-46-106(90)134-62-30-38-114(126)142-54-22-14-6/h41-48,65-76,117,120H,9-40,49-64H2,1-8H3. The van der Waals surface area contributed by atoms with Gasteiger partial charge in [-0.15, -0.1) is 0 Å². The van der Waals surface area contributed by atoms with Crippen molar-refractivity contribution in [3.05, 3.63) is 121 Å². The van der Waals surface area contributed by atoms with Crippen molar-refractivity contribution < 1.29 is 114 Å². The lowest BCUT2D eigenvalue weighted by atomic mass is 9.97. The number of ether oxygens (including phenoxy) is 16. The predicted molar refractivity (Wildman–Crippen MR) is 560 cm³/mol. The molecule has 0 spiro atoms. The number of aromatic nitrogens is 4. The molecule has 2 N–H and O–H groups in total. The maximum Gasteiger partial charge on any atom is 0.305 e. The molecule has 0 radical (unpaired) electrons. The third-order valence-corrected chi connectivity index (χ3v) is 25.1. The van der Waals surface area contributed by atoms with Gasteiger partial charge in [-0.3, -0.25) is 38.4 Å². The van der Waals surface area contributed by atoms with Crippen LogP contribution >= 0.6 is 0 Å². The van der Waals surface area contributed by atoms with Crippen LogP contribution in [0.2, 0.25) is 0 Å². The number of unbranched alkanes of at least 4 members (excludes halogenated alkanes) is 8. The van der Waals surface area contributed by atoms with E-state index in [4.69, 9.17) is 85.8 Å². The van der Waals surface area contributed by atoms with Crippen LogP contribution in [0.3, 0.4) is 0 Å². The molecule has 3 aromatic heterocycles. The topological polar surface area (TPSA) is 342 Å². The molecule has 770 valence electrons. The highest BCUT2D eigenvalue weighted by Gasteiger charge is 2.28. The number of benzene rings is 8. The van der Waals surface area contributed by atoms with Crippen LogP contribution in [-0.4, -0.2) is 173 Å². The first-order valence-corrected chi connectivity index (χ1v) is 52.5. The third-order valence-electron chi connectivity index (χ3n) is 25.1. The number of nitrogens with one attached hydrogen (secondary N) is 2. The van der Waals surface area contributed by atoms with E-state index in [0.29, 0.717) is 260 Å². The highest BCUT2D eigenvalue weighted by Crippen LogP contribution is 2.50. The minimum atomic E-state index is -0.311. The van der Waals surface area contributed by atoms with Crippen molar-refractivity contribution in [1.29, 1.82) is 0 Å². The Hall–Kier alpha value is -13.4. The Bertz CT molecular complexity index is 5660. The van der Waals surface area contributed by atoms with Crippen LogP contribution in [-0.2, 0) is 76.3 Å². The van der Waals surface area contributed by atoms with E-state index in [9.17, 15) is 38.4 Å². The number of nitrogens with zero attached hydrogens (tertiary/aromatic N) is 2. The molecule has 2 aliphatic heterocycles. The maximum atomic E-state index is 13.1. The molecule has 0 fully saturated rings. The highest BCUT2D eigenvalue weighted by atomic mass is 16.6. The second-order valence-electron chi connectivity index (χ2n) is 36.5. The lowest BCUT2D eigenvalue weighted by molar-refractivity contribution is -0.144. The molecule has 144 heavy (non-hydrogen) atoms. The average Bonchev–Trinajstić information content (AvgIpc) is 1.57. The molecule has 28 heteroatoms. The summed E-state index contributed by atoms with van der Waals surface area (Å²) in [5, 5.41) is 8.32. The summed E-state index contributed by atoms with van der Waals surface area (Å²) in [7, 11) is 0. The first-order chi connectivity index (χ1) is 70.4. The van der Waals surface area contributed by atoms with Gasteiger partial charge in [0.25, 0.3) is 0 Å². The minimum absolute atomic E-state index is 0.139. The van der Waals surface area contributed by atoms with E-state index < -0.39 is 0 Å². The number of carbonyl (C=O) groups excluding carboxylic acids is 8. The Morgan fingerprint density at radius 3 is 0.479 bits per heavy atom. The number of rotatable bonds is 64. The fourth-order valence-electron chi connectivity index (χ4n) is 17.0. The van der Waals surface area contributed by atoms with Crippen LogP contribution in [0.15, 0.2) is 121 Å². The van der Waals surface area contributed by atoms with E-state index in [-0.39, 0.29) is 152 Å². The molecule has 28 nitrogen and oxygen atoms in total. The Kier molecular flexibility index (Phi) is 42.4. The number of hydrogen-bond acceptors (Lipinski definition) is 26. The Morgan fingerprint density at radius 1 is 0.188 bits per heavy atom. The zero-order valence-corrected chi connectivity index (χ0v) is 85.2. The average molecular weight is 1980 g/mol. The lowest BCUT2D eigenvalue weighted by Gasteiger charge is -2.15. The molecule has 13 rings (SSSR count). The lowest BCUT2D eigenvalue weighted by Crippen LogP contribution is -2.08. The zero-order chi connectivity index (χ0) is 101. The van der Waals surface area contributed by atoms with E-state index in [2.05, 4.69) is 58.5 Å². The molecule has 0 saturated carbocycles. The molecule has 0 atom stereocenters. The number of carbonyl (C=O) groups is 8. The molecule has 0 amide bonds. The monoisotopic (exact) mass is 1980 g/mol. The van der Waals surface area contributed by atoms with E-state index in [1.807, 2.05) is 128 Å². The molecule has 0 aliphatic carbocycles. The second-order valence-corrected chi connectivity index (χ2v) is 36.5. The van der Waals surface area contributed by atoms with Gasteiger partial charge in [-0.25, -0.2) is 9.97 Å². The van der Waals surface area contributed by atoms with Gasteiger partial charge < -0.3 is 85.8 Å². The second kappa shape index (κ2) is 56.6. The van der Waals surface area contributed by atoms with Crippen molar-refractivity contribution in [3.8, 4) is 91.0 Å². The van der Waals surface area contributed by atoms with Crippen LogP contribution in [0.4, 0.5) is 0 Å². The van der Waals surface area contributed by atoms with Gasteiger partial charge in [-0.05, 0) is 224 Å². The van der Waals surface area contributed by atoms with Gasteiger partial charge in [0, 0.05) is 160 Å². The number of aromatic amines is 2. The first kappa shape index (κ1) is 108. The van der Waals surface area contributed by atoms with Gasteiger partial charge >= 0.3 is 47.8 Å². The molecule has 0 unspecified atom stereocenters. The normalized spacial score (nSPS) is 11.5. The fraction of sp³-hybridized carbons (Fsp3) is 0.483.